The lowest BCUT2D eigenvalue weighted by Gasteiger charge is -2.30. The lowest BCUT2D eigenvalue weighted by Crippen LogP contribution is -2.43. The molecule has 2 fully saturated rings. The predicted molar refractivity (Wildman–Crippen MR) is 94.9 cm³/mol. The molecular formula is C19H25N3O3. The average Bonchev–Trinajstić information content (AvgIpc) is 3.01. The Bertz CT molecular complexity index is 639. The largest absolute Gasteiger partial charge is 0.356 e. The summed E-state index contributed by atoms with van der Waals surface area (Å²) >= 11 is 0. The first-order chi connectivity index (χ1) is 12.0. The fourth-order valence-corrected chi connectivity index (χ4v) is 3.62. The van der Waals surface area contributed by atoms with Gasteiger partial charge in [0, 0.05) is 57.0 Å². The van der Waals surface area contributed by atoms with Gasteiger partial charge in [-0.05, 0) is 25.0 Å². The SMILES string of the molecule is CC(=O)N1CCC(C(=O)NCC2CC(=O)N(c3ccccc3)C2)CC1. The van der Waals surface area contributed by atoms with Gasteiger partial charge in [0.15, 0.2) is 0 Å². The highest BCUT2D eigenvalue weighted by molar-refractivity contribution is 5.95. The third kappa shape index (κ3) is 4.18. The number of carbonyl (C=O) groups excluding carboxylic acids is 3. The summed E-state index contributed by atoms with van der Waals surface area (Å²) in [5, 5.41) is 3.01. The molecule has 2 aliphatic rings. The van der Waals surface area contributed by atoms with Crippen LogP contribution in [-0.2, 0) is 14.4 Å². The fourth-order valence-electron chi connectivity index (χ4n) is 3.62. The third-order valence-electron chi connectivity index (χ3n) is 5.15. The second-order valence-corrected chi connectivity index (χ2v) is 6.94. The van der Waals surface area contributed by atoms with Crippen LogP contribution in [0.4, 0.5) is 5.69 Å². The van der Waals surface area contributed by atoms with Crippen molar-refractivity contribution in [1.82, 2.24) is 10.2 Å². The fraction of sp³-hybridized carbons (Fsp3) is 0.526. The summed E-state index contributed by atoms with van der Waals surface area (Å²) in [7, 11) is 0. The molecule has 6 heteroatoms. The first-order valence-corrected chi connectivity index (χ1v) is 8.93. The van der Waals surface area contributed by atoms with E-state index in [4.69, 9.17) is 0 Å². The van der Waals surface area contributed by atoms with Gasteiger partial charge in [-0.1, -0.05) is 18.2 Å². The predicted octanol–water partition coefficient (Wildman–Crippen LogP) is 1.41. The first kappa shape index (κ1) is 17.5. The molecule has 2 saturated heterocycles. The van der Waals surface area contributed by atoms with Crippen LogP contribution in [0.5, 0.6) is 0 Å². The van der Waals surface area contributed by atoms with E-state index in [0.29, 0.717) is 45.4 Å². The molecule has 3 amide bonds. The number of nitrogens with one attached hydrogen (secondary N) is 1. The van der Waals surface area contributed by atoms with Gasteiger partial charge in [-0.3, -0.25) is 14.4 Å². The highest BCUT2D eigenvalue weighted by Crippen LogP contribution is 2.24. The molecule has 3 rings (SSSR count). The molecule has 134 valence electrons. The van der Waals surface area contributed by atoms with E-state index < -0.39 is 0 Å². The summed E-state index contributed by atoms with van der Waals surface area (Å²) in [6.07, 6.45) is 1.90. The maximum absolute atomic E-state index is 12.4. The smallest absolute Gasteiger partial charge is 0.227 e. The number of nitrogens with zero attached hydrogens (tertiary/aromatic N) is 2. The standard InChI is InChI=1S/C19H25N3O3/c1-14(23)21-9-7-16(8-10-21)19(25)20-12-15-11-18(24)22(13-15)17-5-3-2-4-6-17/h2-6,15-16H,7-13H2,1H3,(H,20,25). The van der Waals surface area contributed by atoms with Crippen LogP contribution in [-0.4, -0.2) is 48.8 Å². The van der Waals surface area contributed by atoms with Crippen LogP contribution in [0.15, 0.2) is 30.3 Å². The Balaban J connectivity index is 1.46. The monoisotopic (exact) mass is 343 g/mol. The molecule has 2 aliphatic heterocycles. The minimum absolute atomic E-state index is 0.0297. The van der Waals surface area contributed by atoms with Gasteiger partial charge in [0.1, 0.15) is 0 Å². The zero-order valence-electron chi connectivity index (χ0n) is 14.6. The lowest BCUT2D eigenvalue weighted by molar-refractivity contribution is -0.134. The van der Waals surface area contributed by atoms with Crippen molar-refractivity contribution in [3.63, 3.8) is 0 Å². The summed E-state index contributed by atoms with van der Waals surface area (Å²) in [5.74, 6) is 0.352. The maximum atomic E-state index is 12.4. The molecule has 1 unspecified atom stereocenters. The molecule has 0 saturated carbocycles. The van der Waals surface area contributed by atoms with Crippen LogP contribution >= 0.6 is 0 Å². The Kier molecular flexibility index (Phi) is 5.36. The zero-order chi connectivity index (χ0) is 17.8. The number of anilines is 1. The second kappa shape index (κ2) is 7.68. The van der Waals surface area contributed by atoms with Gasteiger partial charge >= 0.3 is 0 Å². The van der Waals surface area contributed by atoms with Crippen LogP contribution in [0, 0.1) is 11.8 Å². The molecule has 25 heavy (non-hydrogen) atoms. The Morgan fingerprint density at radius 1 is 1.16 bits per heavy atom. The highest BCUT2D eigenvalue weighted by Gasteiger charge is 2.32. The zero-order valence-corrected chi connectivity index (χ0v) is 14.6. The quantitative estimate of drug-likeness (QED) is 0.899. The molecule has 1 aromatic rings. The van der Waals surface area contributed by atoms with Crippen LogP contribution in [0.25, 0.3) is 0 Å². The topological polar surface area (TPSA) is 69.7 Å². The molecule has 6 nitrogen and oxygen atoms in total. The number of benzene rings is 1. The van der Waals surface area contributed by atoms with Crippen molar-refractivity contribution in [2.75, 3.05) is 31.1 Å². The summed E-state index contributed by atoms with van der Waals surface area (Å²) in [5.41, 5.74) is 0.915. The number of rotatable bonds is 4. The minimum atomic E-state index is -0.0297. The minimum Gasteiger partial charge on any atom is -0.356 e. The van der Waals surface area contributed by atoms with Crippen LogP contribution < -0.4 is 10.2 Å². The van der Waals surface area contributed by atoms with Gasteiger partial charge in [-0.15, -0.1) is 0 Å². The molecule has 1 aromatic carbocycles. The van der Waals surface area contributed by atoms with E-state index in [0.717, 1.165) is 5.69 Å². The second-order valence-electron chi connectivity index (χ2n) is 6.94. The van der Waals surface area contributed by atoms with E-state index in [-0.39, 0.29) is 29.6 Å². The summed E-state index contributed by atoms with van der Waals surface area (Å²) < 4.78 is 0. The van der Waals surface area contributed by atoms with Crippen molar-refractivity contribution in [3.8, 4) is 0 Å². The van der Waals surface area contributed by atoms with E-state index in [1.807, 2.05) is 30.3 Å². The van der Waals surface area contributed by atoms with Gasteiger partial charge in [-0.2, -0.15) is 0 Å². The first-order valence-electron chi connectivity index (χ1n) is 8.93. The highest BCUT2D eigenvalue weighted by atomic mass is 16.2. The van der Waals surface area contributed by atoms with Gasteiger partial charge in [0.2, 0.25) is 17.7 Å². The molecule has 0 aliphatic carbocycles. The Morgan fingerprint density at radius 3 is 2.48 bits per heavy atom. The molecule has 1 N–H and O–H groups in total. The van der Waals surface area contributed by atoms with E-state index >= 15 is 0 Å². The third-order valence-corrected chi connectivity index (χ3v) is 5.15. The van der Waals surface area contributed by atoms with Crippen molar-refractivity contribution < 1.29 is 14.4 Å². The number of likely N-dealkylation sites (tertiary alicyclic amines) is 1. The molecule has 0 aromatic heterocycles. The summed E-state index contributed by atoms with van der Waals surface area (Å²) in [4.78, 5) is 39.5. The van der Waals surface area contributed by atoms with E-state index in [2.05, 4.69) is 5.32 Å². The van der Waals surface area contributed by atoms with E-state index in [1.165, 1.54) is 0 Å². The molecular weight excluding hydrogens is 318 g/mol. The number of amides is 3. The molecule has 0 bridgehead atoms. The normalized spacial score (nSPS) is 21.5. The Hall–Kier alpha value is -2.37. The van der Waals surface area contributed by atoms with Gasteiger partial charge in [0.25, 0.3) is 0 Å². The summed E-state index contributed by atoms with van der Waals surface area (Å²) in [6.45, 7) is 4.04. The summed E-state index contributed by atoms with van der Waals surface area (Å²) in [6, 6.07) is 9.64. The van der Waals surface area contributed by atoms with Crippen LogP contribution in [0.1, 0.15) is 26.2 Å². The average molecular weight is 343 g/mol. The van der Waals surface area contributed by atoms with E-state index in [9.17, 15) is 14.4 Å². The van der Waals surface area contributed by atoms with Crippen molar-refractivity contribution >= 4 is 23.4 Å². The Morgan fingerprint density at radius 2 is 1.84 bits per heavy atom. The van der Waals surface area contributed by atoms with Crippen LogP contribution in [0.3, 0.4) is 0 Å². The van der Waals surface area contributed by atoms with Gasteiger partial charge < -0.3 is 15.1 Å². The van der Waals surface area contributed by atoms with Crippen LogP contribution in [0.2, 0.25) is 0 Å². The maximum Gasteiger partial charge on any atom is 0.227 e. The number of para-hydroxylation sites is 1. The van der Waals surface area contributed by atoms with Gasteiger partial charge in [-0.25, -0.2) is 0 Å². The number of hydrogen-bond acceptors (Lipinski definition) is 3. The van der Waals surface area contributed by atoms with Crippen molar-refractivity contribution in [2.24, 2.45) is 11.8 Å². The van der Waals surface area contributed by atoms with Gasteiger partial charge in [0.05, 0.1) is 0 Å². The van der Waals surface area contributed by atoms with Crippen molar-refractivity contribution in [2.45, 2.75) is 26.2 Å². The Labute approximate surface area is 148 Å². The number of piperidine rings is 1. The number of hydrogen-bond donors (Lipinski definition) is 1. The lowest BCUT2D eigenvalue weighted by atomic mass is 9.95. The molecule has 0 radical (unpaired) electrons. The van der Waals surface area contributed by atoms with E-state index in [1.54, 1.807) is 16.7 Å². The van der Waals surface area contributed by atoms with Crippen molar-refractivity contribution in [1.29, 1.82) is 0 Å². The number of carbonyl (C=O) groups is 3. The van der Waals surface area contributed by atoms with Crippen molar-refractivity contribution in [3.05, 3.63) is 30.3 Å². The molecule has 1 atom stereocenters. The molecule has 2 heterocycles. The molecule has 0 spiro atoms.